The lowest BCUT2D eigenvalue weighted by molar-refractivity contribution is -0.137. The molecule has 0 atom stereocenters. The number of hydrogen-bond donors (Lipinski definition) is 2. The van der Waals surface area contributed by atoms with Crippen molar-refractivity contribution >= 4 is 29.1 Å². The van der Waals surface area contributed by atoms with Crippen LogP contribution < -0.4 is 10.6 Å². The summed E-state index contributed by atoms with van der Waals surface area (Å²) in [6.07, 6.45) is 3.28. The van der Waals surface area contributed by atoms with Crippen molar-refractivity contribution in [2.45, 2.75) is 39.5 Å². The summed E-state index contributed by atoms with van der Waals surface area (Å²) in [6, 6.07) is 7.26. The van der Waals surface area contributed by atoms with Gasteiger partial charge in [0.25, 0.3) is 0 Å². The number of amides is 3. The minimum atomic E-state index is -0.0871. The van der Waals surface area contributed by atoms with Crippen LogP contribution in [0.4, 0.5) is 11.4 Å². The molecule has 6 heteroatoms. The second-order valence-electron chi connectivity index (χ2n) is 7.59. The Kier molecular flexibility index (Phi) is 5.59. The largest absolute Gasteiger partial charge is 0.342 e. The SMILES string of the molecule is CC(C)C(=O)N1CCC(C(=O)Nc2cccc(NC(=O)C3CC3)c2)CC1. The molecular formula is C20H27N3O3. The van der Waals surface area contributed by atoms with Crippen LogP contribution in [0.5, 0.6) is 0 Å². The predicted octanol–water partition coefficient (Wildman–Crippen LogP) is 2.87. The fourth-order valence-electron chi connectivity index (χ4n) is 3.24. The van der Waals surface area contributed by atoms with E-state index in [1.165, 1.54) is 0 Å². The Bertz CT molecular complexity index is 689. The van der Waals surface area contributed by atoms with E-state index in [0.29, 0.717) is 37.3 Å². The number of carbonyl (C=O) groups excluding carboxylic acids is 3. The number of likely N-dealkylation sites (tertiary alicyclic amines) is 1. The fourth-order valence-corrected chi connectivity index (χ4v) is 3.24. The van der Waals surface area contributed by atoms with Gasteiger partial charge in [0.05, 0.1) is 0 Å². The van der Waals surface area contributed by atoms with E-state index in [1.54, 1.807) is 6.07 Å². The number of rotatable bonds is 5. The lowest BCUT2D eigenvalue weighted by Crippen LogP contribution is -2.43. The Morgan fingerprint density at radius 1 is 0.923 bits per heavy atom. The first-order chi connectivity index (χ1) is 12.4. The molecule has 1 saturated heterocycles. The van der Waals surface area contributed by atoms with E-state index in [4.69, 9.17) is 0 Å². The van der Waals surface area contributed by atoms with Crippen molar-refractivity contribution in [1.29, 1.82) is 0 Å². The number of nitrogens with one attached hydrogen (secondary N) is 2. The summed E-state index contributed by atoms with van der Waals surface area (Å²) < 4.78 is 0. The van der Waals surface area contributed by atoms with Gasteiger partial charge in [-0.15, -0.1) is 0 Å². The molecule has 2 N–H and O–H groups in total. The minimum Gasteiger partial charge on any atom is -0.342 e. The van der Waals surface area contributed by atoms with Crippen LogP contribution in [-0.4, -0.2) is 35.7 Å². The van der Waals surface area contributed by atoms with Crippen molar-refractivity contribution in [3.63, 3.8) is 0 Å². The quantitative estimate of drug-likeness (QED) is 0.850. The molecule has 0 radical (unpaired) electrons. The molecule has 26 heavy (non-hydrogen) atoms. The standard InChI is InChI=1S/C20H27N3O3/c1-13(2)20(26)23-10-8-15(9-11-23)19(25)22-17-5-3-4-16(12-17)21-18(24)14-6-7-14/h3-5,12-15H,6-11H2,1-2H3,(H,21,24)(H,22,25). The zero-order valence-electron chi connectivity index (χ0n) is 15.5. The molecule has 1 aliphatic carbocycles. The zero-order valence-corrected chi connectivity index (χ0v) is 15.5. The normalized spacial score (nSPS) is 17.9. The summed E-state index contributed by atoms with van der Waals surface area (Å²) in [5.74, 6) is 0.239. The van der Waals surface area contributed by atoms with Crippen LogP contribution >= 0.6 is 0 Å². The molecule has 0 bridgehead atoms. The molecule has 2 aliphatic rings. The predicted molar refractivity (Wildman–Crippen MR) is 101 cm³/mol. The van der Waals surface area contributed by atoms with Crippen LogP contribution in [0, 0.1) is 17.8 Å². The van der Waals surface area contributed by atoms with Gasteiger partial charge in [-0.1, -0.05) is 19.9 Å². The highest BCUT2D eigenvalue weighted by Crippen LogP contribution is 2.30. The van der Waals surface area contributed by atoms with Gasteiger partial charge in [0.1, 0.15) is 0 Å². The lowest BCUT2D eigenvalue weighted by atomic mass is 9.95. The van der Waals surface area contributed by atoms with Crippen LogP contribution in [0.25, 0.3) is 0 Å². The van der Waals surface area contributed by atoms with Crippen molar-refractivity contribution in [2.24, 2.45) is 17.8 Å². The molecule has 6 nitrogen and oxygen atoms in total. The van der Waals surface area contributed by atoms with E-state index >= 15 is 0 Å². The number of nitrogens with zero attached hydrogens (tertiary/aromatic N) is 1. The maximum Gasteiger partial charge on any atom is 0.227 e. The highest BCUT2D eigenvalue weighted by molar-refractivity contribution is 5.96. The van der Waals surface area contributed by atoms with E-state index in [0.717, 1.165) is 12.8 Å². The Morgan fingerprint density at radius 2 is 1.42 bits per heavy atom. The number of anilines is 2. The van der Waals surface area contributed by atoms with E-state index < -0.39 is 0 Å². The van der Waals surface area contributed by atoms with E-state index in [2.05, 4.69) is 10.6 Å². The average molecular weight is 357 g/mol. The molecule has 1 aliphatic heterocycles. The molecular weight excluding hydrogens is 330 g/mol. The molecule has 0 unspecified atom stereocenters. The summed E-state index contributed by atoms with van der Waals surface area (Å²) in [5, 5.41) is 5.83. The van der Waals surface area contributed by atoms with Gasteiger partial charge in [-0.3, -0.25) is 14.4 Å². The zero-order chi connectivity index (χ0) is 18.7. The first-order valence-electron chi connectivity index (χ1n) is 9.44. The summed E-state index contributed by atoms with van der Waals surface area (Å²) in [7, 11) is 0. The van der Waals surface area contributed by atoms with E-state index in [1.807, 2.05) is 36.9 Å². The molecule has 3 rings (SSSR count). The summed E-state index contributed by atoms with van der Waals surface area (Å²) in [6.45, 7) is 5.06. The maximum absolute atomic E-state index is 12.5. The fraction of sp³-hybridized carbons (Fsp3) is 0.550. The third kappa shape index (κ3) is 4.62. The molecule has 3 amide bonds. The van der Waals surface area contributed by atoms with Crippen molar-refractivity contribution < 1.29 is 14.4 Å². The van der Waals surface area contributed by atoms with Crippen LogP contribution in [0.1, 0.15) is 39.5 Å². The van der Waals surface area contributed by atoms with Gasteiger partial charge in [-0.05, 0) is 43.9 Å². The Hall–Kier alpha value is -2.37. The summed E-state index contributed by atoms with van der Waals surface area (Å²) in [4.78, 5) is 38.3. The Balaban J connectivity index is 1.52. The molecule has 1 aromatic carbocycles. The van der Waals surface area contributed by atoms with Gasteiger partial charge in [-0.25, -0.2) is 0 Å². The van der Waals surface area contributed by atoms with Gasteiger partial charge in [0, 0.05) is 42.2 Å². The van der Waals surface area contributed by atoms with E-state index in [-0.39, 0.29) is 35.5 Å². The number of piperidine rings is 1. The summed E-state index contributed by atoms with van der Waals surface area (Å²) in [5.41, 5.74) is 1.39. The topological polar surface area (TPSA) is 78.5 Å². The molecule has 0 aromatic heterocycles. The number of hydrogen-bond acceptors (Lipinski definition) is 3. The van der Waals surface area contributed by atoms with Crippen LogP contribution in [0.3, 0.4) is 0 Å². The first-order valence-corrected chi connectivity index (χ1v) is 9.44. The van der Waals surface area contributed by atoms with Crippen molar-refractivity contribution in [3.8, 4) is 0 Å². The second-order valence-corrected chi connectivity index (χ2v) is 7.59. The second kappa shape index (κ2) is 7.89. The van der Waals surface area contributed by atoms with Crippen LogP contribution in [0.2, 0.25) is 0 Å². The maximum atomic E-state index is 12.5. The molecule has 1 aromatic rings. The van der Waals surface area contributed by atoms with Gasteiger partial charge in [0.15, 0.2) is 0 Å². The lowest BCUT2D eigenvalue weighted by Gasteiger charge is -2.32. The van der Waals surface area contributed by atoms with Crippen LogP contribution in [-0.2, 0) is 14.4 Å². The van der Waals surface area contributed by atoms with Gasteiger partial charge < -0.3 is 15.5 Å². The molecule has 140 valence electrons. The van der Waals surface area contributed by atoms with Crippen molar-refractivity contribution in [2.75, 3.05) is 23.7 Å². The van der Waals surface area contributed by atoms with Crippen molar-refractivity contribution in [1.82, 2.24) is 4.90 Å². The number of carbonyl (C=O) groups is 3. The number of benzene rings is 1. The highest BCUT2D eigenvalue weighted by Gasteiger charge is 2.30. The average Bonchev–Trinajstić information content (AvgIpc) is 3.46. The Labute approximate surface area is 154 Å². The van der Waals surface area contributed by atoms with Gasteiger partial charge in [0.2, 0.25) is 17.7 Å². The third-order valence-electron chi connectivity index (χ3n) is 5.02. The third-order valence-corrected chi connectivity index (χ3v) is 5.02. The molecule has 2 fully saturated rings. The van der Waals surface area contributed by atoms with E-state index in [9.17, 15) is 14.4 Å². The highest BCUT2D eigenvalue weighted by atomic mass is 16.2. The van der Waals surface area contributed by atoms with Crippen LogP contribution in [0.15, 0.2) is 24.3 Å². The first kappa shape index (κ1) is 18.4. The smallest absolute Gasteiger partial charge is 0.227 e. The monoisotopic (exact) mass is 357 g/mol. The molecule has 0 spiro atoms. The van der Waals surface area contributed by atoms with Gasteiger partial charge >= 0.3 is 0 Å². The Morgan fingerprint density at radius 3 is 1.88 bits per heavy atom. The minimum absolute atomic E-state index is 0.00559. The molecule has 1 saturated carbocycles. The van der Waals surface area contributed by atoms with Crippen molar-refractivity contribution in [3.05, 3.63) is 24.3 Å². The van der Waals surface area contributed by atoms with Gasteiger partial charge in [-0.2, -0.15) is 0 Å². The summed E-state index contributed by atoms with van der Waals surface area (Å²) >= 11 is 0. The molecule has 1 heterocycles.